The number of carbonyl (C=O) groups is 1. The first-order valence-electron chi connectivity index (χ1n) is 8.80. The Balaban J connectivity index is 2.21. The largest absolute Gasteiger partial charge is 0.391 e. The first-order chi connectivity index (χ1) is 13.0. The number of oxime groups is 1. The summed E-state index contributed by atoms with van der Waals surface area (Å²) >= 11 is 0. The molecule has 0 aliphatic heterocycles. The van der Waals surface area contributed by atoms with Crippen LogP contribution in [0.1, 0.15) is 40.8 Å². The summed E-state index contributed by atoms with van der Waals surface area (Å²) in [5.41, 5.74) is 8.45. The normalized spacial score (nSPS) is 12.6. The van der Waals surface area contributed by atoms with E-state index in [1.54, 1.807) is 7.05 Å². The van der Waals surface area contributed by atoms with Crippen molar-refractivity contribution in [3.63, 3.8) is 0 Å². The average Bonchev–Trinajstić information content (AvgIpc) is 2.67. The molecular weight excluding hydrogens is 342 g/mol. The molecule has 0 fully saturated rings. The third kappa shape index (κ3) is 5.39. The zero-order valence-electron chi connectivity index (χ0n) is 16.5. The van der Waals surface area contributed by atoms with Gasteiger partial charge in [0.2, 0.25) is 5.91 Å². The van der Waals surface area contributed by atoms with E-state index in [0.29, 0.717) is 0 Å². The molecule has 1 atom stereocenters. The number of hydroxylamine groups is 1. The second kappa shape index (κ2) is 9.85. The van der Waals surface area contributed by atoms with E-state index in [9.17, 15) is 4.79 Å². The van der Waals surface area contributed by atoms with Crippen LogP contribution in [0.3, 0.4) is 0 Å². The lowest BCUT2D eigenvalue weighted by molar-refractivity contribution is -0.126. The minimum absolute atomic E-state index is 0.192. The summed E-state index contributed by atoms with van der Waals surface area (Å²) in [7, 11) is 3.07. The number of rotatable bonds is 8. The Bertz CT molecular complexity index is 801. The first kappa shape index (κ1) is 20.6. The molecule has 6 heteroatoms. The summed E-state index contributed by atoms with van der Waals surface area (Å²) in [5.74, 6) is -0.192. The molecule has 0 radical (unpaired) electrons. The smallest absolute Gasteiger partial charge is 0.243 e. The summed E-state index contributed by atoms with van der Waals surface area (Å²) in [4.78, 5) is 22.9. The van der Waals surface area contributed by atoms with Crippen molar-refractivity contribution in [1.29, 1.82) is 0 Å². The molecule has 0 saturated heterocycles. The van der Waals surface area contributed by atoms with Crippen molar-refractivity contribution in [3.8, 4) is 0 Å². The Morgan fingerprint density at radius 2 is 1.85 bits per heavy atom. The van der Waals surface area contributed by atoms with Gasteiger partial charge in [0.25, 0.3) is 0 Å². The van der Waals surface area contributed by atoms with Crippen molar-refractivity contribution in [2.24, 2.45) is 5.16 Å². The van der Waals surface area contributed by atoms with Gasteiger partial charge in [0, 0.05) is 12.6 Å². The highest BCUT2D eigenvalue weighted by molar-refractivity contribution is 5.98. The molecule has 0 aliphatic rings. The van der Waals surface area contributed by atoms with E-state index >= 15 is 0 Å². The number of amides is 1. The van der Waals surface area contributed by atoms with Gasteiger partial charge in [0.05, 0.1) is 12.8 Å². The zero-order valence-corrected chi connectivity index (χ0v) is 16.5. The summed E-state index contributed by atoms with van der Waals surface area (Å²) in [6.07, 6.45) is 0. The van der Waals surface area contributed by atoms with Gasteiger partial charge in [-0.05, 0) is 37.5 Å². The fourth-order valence-corrected chi connectivity index (χ4v) is 2.75. The second-order valence-electron chi connectivity index (χ2n) is 6.33. The van der Waals surface area contributed by atoms with Crippen LogP contribution in [0.2, 0.25) is 0 Å². The van der Waals surface area contributed by atoms with Crippen molar-refractivity contribution < 1.29 is 14.5 Å². The number of nitrogens with one attached hydrogen (secondary N) is 2. The molecule has 1 unspecified atom stereocenters. The van der Waals surface area contributed by atoms with Crippen LogP contribution in [0.4, 0.5) is 0 Å². The highest BCUT2D eigenvalue weighted by atomic mass is 16.6. The van der Waals surface area contributed by atoms with Crippen LogP contribution in [0.25, 0.3) is 0 Å². The number of nitrogens with zero attached hydrogens (tertiary/aromatic N) is 1. The van der Waals surface area contributed by atoms with E-state index in [0.717, 1.165) is 28.0 Å². The molecule has 0 aromatic heterocycles. The SMILES string of the molecule is CNC(=O)C(NOC)c1cccc(C)c1CO/N=C(\C)c1ccc(C)cc1. The molecule has 1 amide bonds. The molecule has 2 N–H and O–H groups in total. The maximum absolute atomic E-state index is 12.2. The molecule has 2 aromatic rings. The molecule has 6 nitrogen and oxygen atoms in total. The molecular formula is C21H27N3O3. The van der Waals surface area contributed by atoms with Crippen LogP contribution in [0.15, 0.2) is 47.6 Å². The van der Waals surface area contributed by atoms with E-state index in [1.165, 1.54) is 12.7 Å². The fourth-order valence-electron chi connectivity index (χ4n) is 2.75. The lowest BCUT2D eigenvalue weighted by Crippen LogP contribution is -2.36. The molecule has 0 heterocycles. The number of hydrogen-bond acceptors (Lipinski definition) is 5. The van der Waals surface area contributed by atoms with Gasteiger partial charge in [-0.25, -0.2) is 0 Å². The third-order valence-electron chi connectivity index (χ3n) is 4.38. The predicted molar refractivity (Wildman–Crippen MR) is 106 cm³/mol. The molecule has 0 spiro atoms. The van der Waals surface area contributed by atoms with Gasteiger partial charge >= 0.3 is 0 Å². The van der Waals surface area contributed by atoms with Gasteiger partial charge in [-0.1, -0.05) is 53.2 Å². The fraction of sp³-hybridized carbons (Fsp3) is 0.333. The van der Waals surface area contributed by atoms with Crippen molar-refractivity contribution in [3.05, 3.63) is 70.3 Å². The second-order valence-corrected chi connectivity index (χ2v) is 6.33. The Labute approximate surface area is 160 Å². The van der Waals surface area contributed by atoms with Crippen LogP contribution < -0.4 is 10.8 Å². The Morgan fingerprint density at radius 1 is 1.15 bits per heavy atom. The van der Waals surface area contributed by atoms with Crippen LogP contribution in [0, 0.1) is 13.8 Å². The minimum atomic E-state index is -0.638. The van der Waals surface area contributed by atoms with E-state index in [1.807, 2.05) is 63.2 Å². The predicted octanol–water partition coefficient (Wildman–Crippen LogP) is 3.18. The molecule has 2 aromatic carbocycles. The number of hydrogen-bond donors (Lipinski definition) is 2. The molecule has 0 bridgehead atoms. The molecule has 2 rings (SSSR count). The number of aryl methyl sites for hydroxylation is 2. The van der Waals surface area contributed by atoms with Crippen LogP contribution in [0.5, 0.6) is 0 Å². The summed E-state index contributed by atoms with van der Waals surface area (Å²) in [5, 5.41) is 6.88. The van der Waals surface area contributed by atoms with Gasteiger partial charge in [0.15, 0.2) is 0 Å². The lowest BCUT2D eigenvalue weighted by Gasteiger charge is -2.20. The van der Waals surface area contributed by atoms with Gasteiger partial charge in [-0.2, -0.15) is 5.48 Å². The van der Waals surface area contributed by atoms with E-state index in [4.69, 9.17) is 9.68 Å². The maximum atomic E-state index is 12.2. The van der Waals surface area contributed by atoms with E-state index < -0.39 is 6.04 Å². The van der Waals surface area contributed by atoms with Crippen molar-refractivity contribution in [2.45, 2.75) is 33.4 Å². The lowest BCUT2D eigenvalue weighted by atomic mass is 9.96. The number of likely N-dealkylation sites (N-methyl/N-ethyl adjacent to an activating group) is 1. The van der Waals surface area contributed by atoms with Crippen molar-refractivity contribution in [1.82, 2.24) is 10.8 Å². The molecule has 144 valence electrons. The highest BCUT2D eigenvalue weighted by Crippen LogP contribution is 2.23. The highest BCUT2D eigenvalue weighted by Gasteiger charge is 2.23. The quantitative estimate of drug-likeness (QED) is 0.554. The van der Waals surface area contributed by atoms with Gasteiger partial charge in [0.1, 0.15) is 12.6 Å². The molecule has 27 heavy (non-hydrogen) atoms. The molecule has 0 aliphatic carbocycles. The minimum Gasteiger partial charge on any atom is -0.391 e. The monoisotopic (exact) mass is 369 g/mol. The summed E-state index contributed by atoms with van der Waals surface area (Å²) in [6.45, 7) is 6.18. The van der Waals surface area contributed by atoms with Crippen LogP contribution in [-0.2, 0) is 21.1 Å². The van der Waals surface area contributed by atoms with E-state index in [-0.39, 0.29) is 12.5 Å². The summed E-state index contributed by atoms with van der Waals surface area (Å²) in [6, 6.07) is 13.2. The molecule has 0 saturated carbocycles. The first-order valence-corrected chi connectivity index (χ1v) is 8.80. The topological polar surface area (TPSA) is 72.0 Å². The van der Waals surface area contributed by atoms with Crippen LogP contribution >= 0.6 is 0 Å². The Hall–Kier alpha value is -2.70. The number of carbonyl (C=O) groups excluding carboxylic acids is 1. The Morgan fingerprint density at radius 3 is 2.48 bits per heavy atom. The van der Waals surface area contributed by atoms with Gasteiger partial charge in [-0.15, -0.1) is 0 Å². The number of benzene rings is 2. The van der Waals surface area contributed by atoms with E-state index in [2.05, 4.69) is 16.0 Å². The Kier molecular flexibility index (Phi) is 7.52. The third-order valence-corrected chi connectivity index (χ3v) is 4.38. The maximum Gasteiger partial charge on any atom is 0.243 e. The average molecular weight is 369 g/mol. The summed E-state index contributed by atoms with van der Waals surface area (Å²) < 4.78 is 0. The van der Waals surface area contributed by atoms with Crippen molar-refractivity contribution >= 4 is 11.6 Å². The van der Waals surface area contributed by atoms with Gasteiger partial charge < -0.3 is 15.0 Å². The zero-order chi connectivity index (χ0) is 19.8. The standard InChI is InChI=1S/C21H27N3O3/c1-14-9-11-17(12-10-14)16(3)23-27-13-19-15(2)7-6-8-18(19)20(24-26-5)21(25)22-4/h6-12,20,24H,13H2,1-5H3,(H,22,25)/b23-16+. The van der Waals surface area contributed by atoms with Crippen LogP contribution in [-0.4, -0.2) is 25.8 Å². The van der Waals surface area contributed by atoms with Gasteiger partial charge in [-0.3, -0.25) is 4.79 Å². The van der Waals surface area contributed by atoms with Crippen molar-refractivity contribution in [2.75, 3.05) is 14.2 Å².